The number of esters is 1. The minimum atomic E-state index is -3.94. The number of benzene rings is 1. The maximum atomic E-state index is 12.9. The number of ether oxygens (including phenoxy) is 1. The van der Waals surface area contributed by atoms with E-state index in [2.05, 4.69) is 15.6 Å². The lowest BCUT2D eigenvalue weighted by Crippen LogP contribution is -2.49. The number of nitrogens with one attached hydrogen (secondary N) is 2. The quantitative estimate of drug-likeness (QED) is 0.582. The molecule has 2 N–H and O–H groups in total. The Hall–Kier alpha value is -3.31. The average molecular weight is 446 g/mol. The van der Waals surface area contributed by atoms with E-state index in [-0.39, 0.29) is 42.4 Å². The molecule has 0 aliphatic carbocycles. The molecule has 10 nitrogen and oxygen atoms in total. The Labute approximate surface area is 179 Å². The molecule has 0 radical (unpaired) electrons. The van der Waals surface area contributed by atoms with Gasteiger partial charge in [0.05, 0.1) is 31.0 Å². The van der Waals surface area contributed by atoms with E-state index in [1.54, 1.807) is 12.1 Å². The fraction of sp³-hybridized carbons (Fsp3) is 0.300. The van der Waals surface area contributed by atoms with Crippen LogP contribution in [0.2, 0.25) is 0 Å². The minimum Gasteiger partial charge on any atom is -0.469 e. The third-order valence-electron chi connectivity index (χ3n) is 4.75. The average Bonchev–Trinajstić information content (AvgIpc) is 2.79. The summed E-state index contributed by atoms with van der Waals surface area (Å²) in [6, 6.07) is 8.18. The number of sulfonamides is 1. The van der Waals surface area contributed by atoms with Crippen LogP contribution in [0.3, 0.4) is 0 Å². The highest BCUT2D eigenvalue weighted by molar-refractivity contribution is 7.89. The van der Waals surface area contributed by atoms with E-state index in [1.165, 1.54) is 43.8 Å². The molecule has 2 aromatic rings. The largest absolute Gasteiger partial charge is 0.469 e. The molecule has 2 heterocycles. The lowest BCUT2D eigenvalue weighted by Gasteiger charge is -2.26. The van der Waals surface area contributed by atoms with Crippen LogP contribution in [-0.4, -0.2) is 62.2 Å². The van der Waals surface area contributed by atoms with Crippen LogP contribution in [0, 0.1) is 0 Å². The predicted octanol–water partition coefficient (Wildman–Crippen LogP) is 0.236. The normalized spacial score (nSPS) is 15.6. The molecule has 0 bridgehead atoms. The van der Waals surface area contributed by atoms with Crippen molar-refractivity contribution in [2.45, 2.75) is 17.4 Å². The van der Waals surface area contributed by atoms with Gasteiger partial charge in [-0.2, -0.15) is 4.31 Å². The number of piperazine rings is 1. The van der Waals surface area contributed by atoms with Gasteiger partial charge >= 0.3 is 5.97 Å². The number of aromatic nitrogens is 1. The standard InChI is InChI=1S/C20H22N4O6S/c1-30-19(26)12-17(14-5-7-21-8-6-14)23-20(27)15-3-2-4-16(11-15)31(28,29)24-10-9-22-18(25)13-24/h2-8,11,17H,9-10,12-13H2,1H3,(H,22,25)(H,23,27). The molecule has 11 heteroatoms. The van der Waals surface area contributed by atoms with Crippen LogP contribution in [-0.2, 0) is 24.3 Å². The maximum Gasteiger partial charge on any atom is 0.307 e. The topological polar surface area (TPSA) is 135 Å². The number of carbonyl (C=O) groups is 3. The number of nitrogens with zero attached hydrogens (tertiary/aromatic N) is 2. The van der Waals surface area contributed by atoms with E-state index in [0.717, 1.165) is 4.31 Å². The molecule has 1 atom stereocenters. The number of methoxy groups -OCH3 is 1. The first kappa shape index (κ1) is 22.4. The van der Waals surface area contributed by atoms with E-state index in [0.29, 0.717) is 5.56 Å². The summed E-state index contributed by atoms with van der Waals surface area (Å²) in [7, 11) is -2.69. The second kappa shape index (κ2) is 9.67. The highest BCUT2D eigenvalue weighted by Gasteiger charge is 2.30. The second-order valence-electron chi connectivity index (χ2n) is 6.80. The van der Waals surface area contributed by atoms with Crippen LogP contribution in [0.1, 0.15) is 28.4 Å². The van der Waals surface area contributed by atoms with Gasteiger partial charge in [-0.05, 0) is 35.9 Å². The summed E-state index contributed by atoms with van der Waals surface area (Å²) in [5, 5.41) is 5.31. The van der Waals surface area contributed by atoms with E-state index in [1.807, 2.05) is 0 Å². The predicted molar refractivity (Wildman–Crippen MR) is 109 cm³/mol. The second-order valence-corrected chi connectivity index (χ2v) is 8.74. The van der Waals surface area contributed by atoms with Crippen LogP contribution in [0.15, 0.2) is 53.7 Å². The number of amides is 2. The lowest BCUT2D eigenvalue weighted by atomic mass is 10.0. The van der Waals surface area contributed by atoms with Crippen LogP contribution < -0.4 is 10.6 Å². The number of hydrogen-bond acceptors (Lipinski definition) is 7. The summed E-state index contributed by atoms with van der Waals surface area (Å²) >= 11 is 0. The Morgan fingerprint density at radius 1 is 1.26 bits per heavy atom. The molecule has 1 aliphatic rings. The molecule has 0 saturated carbocycles. The summed E-state index contributed by atoms with van der Waals surface area (Å²) < 4.78 is 31.5. The molecular weight excluding hydrogens is 424 g/mol. The zero-order valence-electron chi connectivity index (χ0n) is 16.8. The van der Waals surface area contributed by atoms with Crippen molar-refractivity contribution in [3.8, 4) is 0 Å². The van der Waals surface area contributed by atoms with Crippen molar-refractivity contribution >= 4 is 27.8 Å². The van der Waals surface area contributed by atoms with E-state index >= 15 is 0 Å². The van der Waals surface area contributed by atoms with Crippen molar-refractivity contribution in [2.24, 2.45) is 0 Å². The first-order valence-electron chi connectivity index (χ1n) is 9.46. The van der Waals surface area contributed by atoms with Gasteiger partial charge in [-0.1, -0.05) is 6.07 Å². The van der Waals surface area contributed by atoms with Gasteiger partial charge in [0.2, 0.25) is 15.9 Å². The first-order valence-corrected chi connectivity index (χ1v) is 10.9. The summed E-state index contributed by atoms with van der Waals surface area (Å²) in [4.78, 5) is 40.1. The Balaban J connectivity index is 1.83. The van der Waals surface area contributed by atoms with Crippen molar-refractivity contribution in [1.29, 1.82) is 0 Å². The Bertz CT molecular complexity index is 1070. The molecule has 1 saturated heterocycles. The number of rotatable bonds is 7. The molecule has 3 rings (SSSR count). The van der Waals surface area contributed by atoms with E-state index in [9.17, 15) is 22.8 Å². The van der Waals surface area contributed by atoms with Crippen LogP contribution >= 0.6 is 0 Å². The minimum absolute atomic E-state index is 0.0942. The highest BCUT2D eigenvalue weighted by Crippen LogP contribution is 2.20. The van der Waals surface area contributed by atoms with Crippen molar-refractivity contribution < 1.29 is 27.5 Å². The molecule has 1 aliphatic heterocycles. The third kappa shape index (κ3) is 5.44. The number of pyridine rings is 1. The van der Waals surface area contributed by atoms with Crippen molar-refractivity contribution in [2.75, 3.05) is 26.7 Å². The summed E-state index contributed by atoms with van der Waals surface area (Å²) in [6.07, 6.45) is 2.97. The van der Waals surface area contributed by atoms with Crippen molar-refractivity contribution in [3.05, 3.63) is 59.9 Å². The fourth-order valence-corrected chi connectivity index (χ4v) is 4.55. The van der Waals surface area contributed by atoms with Gasteiger partial charge in [0, 0.05) is 31.0 Å². The fourth-order valence-electron chi connectivity index (χ4n) is 3.11. The SMILES string of the molecule is COC(=O)CC(NC(=O)c1cccc(S(=O)(=O)N2CCNC(=O)C2)c1)c1ccncc1. The molecule has 2 amide bonds. The van der Waals surface area contributed by atoms with Gasteiger partial charge in [-0.15, -0.1) is 0 Å². The van der Waals surface area contributed by atoms with Gasteiger partial charge in [-0.25, -0.2) is 8.42 Å². The molecule has 31 heavy (non-hydrogen) atoms. The first-order chi connectivity index (χ1) is 14.8. The van der Waals surface area contributed by atoms with Gasteiger partial charge in [-0.3, -0.25) is 19.4 Å². The van der Waals surface area contributed by atoms with Crippen molar-refractivity contribution in [1.82, 2.24) is 19.9 Å². The molecule has 1 unspecified atom stereocenters. The summed E-state index contributed by atoms with van der Waals surface area (Å²) in [6.45, 7) is 0.0924. The highest BCUT2D eigenvalue weighted by atomic mass is 32.2. The van der Waals surface area contributed by atoms with Gasteiger partial charge < -0.3 is 15.4 Å². The van der Waals surface area contributed by atoms with Crippen LogP contribution in [0.5, 0.6) is 0 Å². The third-order valence-corrected chi connectivity index (χ3v) is 6.59. The summed E-state index contributed by atoms with van der Waals surface area (Å²) in [5.41, 5.74) is 0.753. The van der Waals surface area contributed by atoms with Crippen LogP contribution in [0.4, 0.5) is 0 Å². The van der Waals surface area contributed by atoms with Gasteiger partial charge in [0.15, 0.2) is 0 Å². The van der Waals surface area contributed by atoms with E-state index < -0.39 is 27.9 Å². The molecule has 164 valence electrons. The Morgan fingerprint density at radius 2 is 2.00 bits per heavy atom. The maximum absolute atomic E-state index is 12.9. The zero-order chi connectivity index (χ0) is 22.4. The molecule has 0 spiro atoms. The summed E-state index contributed by atoms with van der Waals surface area (Å²) in [5.74, 6) is -1.45. The van der Waals surface area contributed by atoms with Crippen molar-refractivity contribution in [3.63, 3.8) is 0 Å². The molecule has 1 aromatic heterocycles. The lowest BCUT2D eigenvalue weighted by molar-refractivity contribution is -0.141. The van der Waals surface area contributed by atoms with E-state index in [4.69, 9.17) is 4.74 Å². The van der Waals surface area contributed by atoms with Gasteiger partial charge in [0.25, 0.3) is 5.91 Å². The monoisotopic (exact) mass is 446 g/mol. The van der Waals surface area contributed by atoms with Crippen LogP contribution in [0.25, 0.3) is 0 Å². The van der Waals surface area contributed by atoms with Gasteiger partial charge in [0.1, 0.15) is 0 Å². The zero-order valence-corrected chi connectivity index (χ0v) is 17.6. The Kier molecular flexibility index (Phi) is 6.98. The molecule has 1 fully saturated rings. The number of hydrogen-bond donors (Lipinski definition) is 2. The smallest absolute Gasteiger partial charge is 0.307 e. The Morgan fingerprint density at radius 3 is 2.68 bits per heavy atom. The molecular formula is C20H22N4O6S. The number of carbonyl (C=O) groups excluding carboxylic acids is 3. The molecule has 1 aromatic carbocycles.